The number of nitrogens with two attached hydrogens (primary N) is 1. The number of halogens is 2. The van der Waals surface area contributed by atoms with Crippen LogP contribution in [-0.4, -0.2) is 27.8 Å². The summed E-state index contributed by atoms with van der Waals surface area (Å²) in [6.07, 6.45) is 5.14. The van der Waals surface area contributed by atoms with Crippen LogP contribution >= 0.6 is 12.4 Å². The van der Waals surface area contributed by atoms with Crippen LogP contribution in [0.2, 0.25) is 0 Å². The number of carbonyl (C=O) groups excluding carboxylic acids is 1. The first kappa shape index (κ1) is 18.4. The van der Waals surface area contributed by atoms with Crippen LogP contribution in [0.25, 0.3) is 5.69 Å². The topological polar surface area (TPSA) is 72.9 Å². The smallest absolute Gasteiger partial charge is 0.254 e. The quantitative estimate of drug-likeness (QED) is 0.892. The minimum absolute atomic E-state index is 0. The molecule has 1 aliphatic rings. The van der Waals surface area contributed by atoms with Crippen LogP contribution in [0.3, 0.4) is 0 Å². The summed E-state index contributed by atoms with van der Waals surface area (Å²) in [6.45, 7) is 1.77. The van der Waals surface area contributed by atoms with Crippen molar-refractivity contribution in [2.24, 2.45) is 5.73 Å². The Kier molecular flexibility index (Phi) is 5.96. The highest BCUT2D eigenvalue weighted by Crippen LogP contribution is 2.20. The zero-order chi connectivity index (χ0) is 16.4. The van der Waals surface area contributed by atoms with Gasteiger partial charge in [-0.05, 0) is 44.7 Å². The van der Waals surface area contributed by atoms with Gasteiger partial charge in [-0.3, -0.25) is 4.79 Å². The van der Waals surface area contributed by atoms with E-state index in [2.05, 4.69) is 10.4 Å². The van der Waals surface area contributed by atoms with Crippen molar-refractivity contribution in [2.75, 3.05) is 0 Å². The van der Waals surface area contributed by atoms with Crippen molar-refractivity contribution in [3.05, 3.63) is 47.5 Å². The average Bonchev–Trinajstić information content (AvgIpc) is 2.92. The first-order chi connectivity index (χ1) is 11.1. The van der Waals surface area contributed by atoms with E-state index < -0.39 is 0 Å². The summed E-state index contributed by atoms with van der Waals surface area (Å²) in [5, 5.41) is 7.20. The van der Waals surface area contributed by atoms with Gasteiger partial charge >= 0.3 is 0 Å². The van der Waals surface area contributed by atoms with Crippen molar-refractivity contribution in [1.82, 2.24) is 15.1 Å². The Balaban J connectivity index is 0.00000208. The molecule has 5 nitrogen and oxygen atoms in total. The molecule has 0 spiro atoms. The van der Waals surface area contributed by atoms with E-state index in [4.69, 9.17) is 5.73 Å². The molecule has 1 aromatic heterocycles. The average molecular weight is 353 g/mol. The highest BCUT2D eigenvalue weighted by molar-refractivity contribution is 5.95. The van der Waals surface area contributed by atoms with Crippen LogP contribution in [0, 0.1) is 12.7 Å². The van der Waals surface area contributed by atoms with Gasteiger partial charge in [0.05, 0.1) is 17.5 Å². The normalized spacial score (nSPS) is 20.3. The number of hydrogen-bond acceptors (Lipinski definition) is 3. The van der Waals surface area contributed by atoms with E-state index in [1.54, 1.807) is 25.1 Å². The minimum atomic E-state index is -0.369. The summed E-state index contributed by atoms with van der Waals surface area (Å²) in [7, 11) is 0. The molecule has 0 atom stereocenters. The number of rotatable bonds is 3. The Morgan fingerprint density at radius 2 is 1.96 bits per heavy atom. The van der Waals surface area contributed by atoms with Crippen LogP contribution in [0.15, 0.2) is 30.5 Å². The summed E-state index contributed by atoms with van der Waals surface area (Å²) in [5.74, 6) is -0.530. The molecule has 1 fully saturated rings. The second-order valence-corrected chi connectivity index (χ2v) is 6.09. The van der Waals surface area contributed by atoms with Crippen LogP contribution in [0.1, 0.15) is 41.7 Å². The lowest BCUT2D eigenvalue weighted by molar-refractivity contribution is 0.0925. The lowest BCUT2D eigenvalue weighted by Crippen LogP contribution is -2.40. The third kappa shape index (κ3) is 3.76. The molecule has 1 heterocycles. The van der Waals surface area contributed by atoms with Crippen molar-refractivity contribution in [1.29, 1.82) is 0 Å². The van der Waals surface area contributed by atoms with Crippen molar-refractivity contribution >= 4 is 18.3 Å². The minimum Gasteiger partial charge on any atom is -0.349 e. The predicted octanol–water partition coefficient (Wildman–Crippen LogP) is 2.74. The maximum absolute atomic E-state index is 13.9. The third-order valence-electron chi connectivity index (χ3n) is 4.44. The molecule has 0 unspecified atom stereocenters. The summed E-state index contributed by atoms with van der Waals surface area (Å²) < 4.78 is 15.4. The SMILES string of the molecule is Cc1c(C(=O)NC2CCC(N)CC2)cnn1-c1ccccc1F.Cl. The maximum atomic E-state index is 13.9. The molecular formula is C17H22ClFN4O. The lowest BCUT2D eigenvalue weighted by atomic mass is 9.91. The molecule has 1 aromatic carbocycles. The Hall–Kier alpha value is -1.92. The molecule has 3 rings (SSSR count). The number of nitrogens with zero attached hydrogens (tertiary/aromatic N) is 2. The zero-order valence-electron chi connectivity index (χ0n) is 13.5. The van der Waals surface area contributed by atoms with E-state index >= 15 is 0 Å². The van der Waals surface area contributed by atoms with E-state index in [1.165, 1.54) is 16.9 Å². The van der Waals surface area contributed by atoms with Gasteiger partial charge in [0.2, 0.25) is 0 Å². The fraction of sp³-hybridized carbons (Fsp3) is 0.412. The lowest BCUT2D eigenvalue weighted by Gasteiger charge is -2.26. The monoisotopic (exact) mass is 352 g/mol. The molecule has 1 amide bonds. The van der Waals surface area contributed by atoms with Gasteiger partial charge in [0.15, 0.2) is 0 Å². The molecule has 7 heteroatoms. The van der Waals surface area contributed by atoms with E-state index in [0.717, 1.165) is 25.7 Å². The van der Waals surface area contributed by atoms with E-state index in [-0.39, 0.29) is 36.2 Å². The van der Waals surface area contributed by atoms with Gasteiger partial charge in [0.25, 0.3) is 5.91 Å². The van der Waals surface area contributed by atoms with Crippen molar-refractivity contribution in [3.63, 3.8) is 0 Å². The van der Waals surface area contributed by atoms with E-state index in [1.807, 2.05) is 0 Å². The van der Waals surface area contributed by atoms with Crippen molar-refractivity contribution in [2.45, 2.75) is 44.7 Å². The molecule has 0 bridgehead atoms. The molecule has 0 saturated heterocycles. The standard InChI is InChI=1S/C17H21FN4O.ClH/c1-11-14(17(23)21-13-8-6-12(19)7-9-13)10-20-22(11)16-5-3-2-4-15(16)18;/h2-5,10,12-13H,6-9,19H2,1H3,(H,21,23);1H. The second-order valence-electron chi connectivity index (χ2n) is 6.09. The zero-order valence-corrected chi connectivity index (χ0v) is 14.4. The number of carbonyl (C=O) groups is 1. The summed E-state index contributed by atoms with van der Waals surface area (Å²) in [4.78, 5) is 12.5. The molecule has 0 radical (unpaired) electrons. The van der Waals surface area contributed by atoms with Crippen molar-refractivity contribution in [3.8, 4) is 5.69 Å². The van der Waals surface area contributed by atoms with Gasteiger partial charge in [-0.2, -0.15) is 5.10 Å². The highest BCUT2D eigenvalue weighted by atomic mass is 35.5. The first-order valence-corrected chi connectivity index (χ1v) is 7.92. The van der Waals surface area contributed by atoms with E-state index in [9.17, 15) is 9.18 Å². The van der Waals surface area contributed by atoms with Crippen LogP contribution in [0.5, 0.6) is 0 Å². The largest absolute Gasteiger partial charge is 0.349 e. The second kappa shape index (κ2) is 7.77. The number of para-hydroxylation sites is 1. The summed E-state index contributed by atoms with van der Waals surface area (Å²) >= 11 is 0. The Morgan fingerprint density at radius 3 is 2.62 bits per heavy atom. The number of hydrogen-bond donors (Lipinski definition) is 2. The Labute approximate surface area is 146 Å². The van der Waals surface area contributed by atoms with Crippen LogP contribution in [-0.2, 0) is 0 Å². The number of amides is 1. The summed E-state index contributed by atoms with van der Waals surface area (Å²) in [5.41, 5.74) is 7.32. The van der Waals surface area contributed by atoms with Crippen LogP contribution < -0.4 is 11.1 Å². The Morgan fingerprint density at radius 1 is 1.29 bits per heavy atom. The molecular weight excluding hydrogens is 331 g/mol. The van der Waals surface area contributed by atoms with Crippen molar-refractivity contribution < 1.29 is 9.18 Å². The number of nitrogens with one attached hydrogen (secondary N) is 1. The molecule has 3 N–H and O–H groups in total. The number of benzene rings is 1. The van der Waals surface area contributed by atoms with Gasteiger partial charge in [0.1, 0.15) is 11.5 Å². The van der Waals surface area contributed by atoms with Gasteiger partial charge < -0.3 is 11.1 Å². The maximum Gasteiger partial charge on any atom is 0.254 e. The highest BCUT2D eigenvalue weighted by Gasteiger charge is 2.23. The fourth-order valence-electron chi connectivity index (χ4n) is 3.03. The van der Waals surface area contributed by atoms with Gasteiger partial charge in [0, 0.05) is 12.1 Å². The number of aromatic nitrogens is 2. The molecule has 24 heavy (non-hydrogen) atoms. The molecule has 2 aromatic rings. The molecule has 0 aliphatic heterocycles. The molecule has 1 aliphatic carbocycles. The summed E-state index contributed by atoms with van der Waals surface area (Å²) in [6, 6.07) is 6.78. The van der Waals surface area contributed by atoms with Gasteiger partial charge in [-0.15, -0.1) is 12.4 Å². The third-order valence-corrected chi connectivity index (χ3v) is 4.44. The van der Waals surface area contributed by atoms with Gasteiger partial charge in [-0.25, -0.2) is 9.07 Å². The molecule has 1 saturated carbocycles. The van der Waals surface area contributed by atoms with E-state index in [0.29, 0.717) is 16.9 Å². The predicted molar refractivity (Wildman–Crippen MR) is 93.2 cm³/mol. The van der Waals surface area contributed by atoms with Gasteiger partial charge in [-0.1, -0.05) is 12.1 Å². The first-order valence-electron chi connectivity index (χ1n) is 7.92. The van der Waals surface area contributed by atoms with Crippen LogP contribution in [0.4, 0.5) is 4.39 Å². The fourth-order valence-corrected chi connectivity index (χ4v) is 3.03. The molecule has 130 valence electrons. The Bertz CT molecular complexity index is 710.